The van der Waals surface area contributed by atoms with Crippen molar-refractivity contribution in [3.8, 4) is 0 Å². The number of nitrogens with one attached hydrogen (secondary N) is 1. The first-order valence-corrected chi connectivity index (χ1v) is 9.13. The van der Waals surface area contributed by atoms with Gasteiger partial charge in [0.25, 0.3) is 5.91 Å². The molecule has 2 atom stereocenters. The van der Waals surface area contributed by atoms with Gasteiger partial charge in [-0.25, -0.2) is 4.39 Å². The Morgan fingerprint density at radius 3 is 2.54 bits per heavy atom. The van der Waals surface area contributed by atoms with Crippen LogP contribution in [0.5, 0.6) is 0 Å². The Hall–Kier alpha value is -2.74. The summed E-state index contributed by atoms with van der Waals surface area (Å²) >= 11 is 0. The van der Waals surface area contributed by atoms with Crippen LogP contribution >= 0.6 is 0 Å². The Morgan fingerprint density at radius 1 is 1.36 bits per heavy atom. The average Bonchev–Trinajstić information content (AvgIpc) is 2.65. The van der Waals surface area contributed by atoms with E-state index in [2.05, 4.69) is 10.4 Å². The molecule has 1 aliphatic rings. The minimum Gasteiger partial charge on any atom is -0.506 e. The van der Waals surface area contributed by atoms with Crippen molar-refractivity contribution in [2.24, 2.45) is 11.0 Å². The van der Waals surface area contributed by atoms with Crippen LogP contribution in [0, 0.1) is 11.7 Å². The van der Waals surface area contributed by atoms with Crippen molar-refractivity contribution in [1.29, 1.82) is 0 Å². The zero-order valence-corrected chi connectivity index (χ0v) is 16.6. The normalized spacial score (nSPS) is 18.0. The maximum atomic E-state index is 13.0. The van der Waals surface area contributed by atoms with Crippen molar-refractivity contribution in [2.45, 2.75) is 32.5 Å². The third-order valence-corrected chi connectivity index (χ3v) is 4.47. The van der Waals surface area contributed by atoms with Crippen LogP contribution in [0.3, 0.4) is 0 Å². The first kappa shape index (κ1) is 21.6. The van der Waals surface area contributed by atoms with Crippen molar-refractivity contribution in [3.05, 3.63) is 47.5 Å². The molecule has 1 aromatic carbocycles. The lowest BCUT2D eigenvalue weighted by Gasteiger charge is -2.38. The molecule has 0 saturated heterocycles. The van der Waals surface area contributed by atoms with E-state index in [1.165, 1.54) is 18.2 Å². The molecule has 1 heterocycles. The lowest BCUT2D eigenvalue weighted by Crippen LogP contribution is -2.50. The maximum absolute atomic E-state index is 13.0. The van der Waals surface area contributed by atoms with E-state index in [9.17, 15) is 19.1 Å². The SMILES string of the molecule is CC(C)C(CN(C)C)N1N=C(C(=O)NCc2ccc(F)cc2)C(O)=CC1C=O. The molecule has 2 unspecified atom stereocenters. The predicted molar refractivity (Wildman–Crippen MR) is 105 cm³/mol. The quantitative estimate of drug-likeness (QED) is 0.660. The van der Waals surface area contributed by atoms with Crippen molar-refractivity contribution < 1.29 is 19.1 Å². The van der Waals surface area contributed by atoms with Gasteiger partial charge in [0.05, 0.1) is 6.04 Å². The number of nitrogens with zero attached hydrogens (tertiary/aromatic N) is 3. The number of aliphatic hydroxyl groups excluding tert-OH is 1. The molecule has 152 valence electrons. The van der Waals surface area contributed by atoms with Crippen LogP contribution < -0.4 is 5.32 Å². The van der Waals surface area contributed by atoms with E-state index in [4.69, 9.17) is 0 Å². The van der Waals surface area contributed by atoms with E-state index in [0.717, 1.165) is 0 Å². The van der Waals surface area contributed by atoms with E-state index in [1.54, 1.807) is 17.1 Å². The monoisotopic (exact) mass is 390 g/mol. The van der Waals surface area contributed by atoms with Crippen LogP contribution in [0.4, 0.5) is 4.39 Å². The number of amides is 1. The Labute approximate surface area is 164 Å². The largest absolute Gasteiger partial charge is 0.506 e. The summed E-state index contributed by atoms with van der Waals surface area (Å²) in [7, 11) is 3.84. The molecule has 2 N–H and O–H groups in total. The minimum atomic E-state index is -0.749. The van der Waals surface area contributed by atoms with E-state index < -0.39 is 11.9 Å². The molecule has 7 nitrogen and oxygen atoms in total. The van der Waals surface area contributed by atoms with E-state index in [0.29, 0.717) is 18.4 Å². The average molecular weight is 390 g/mol. The fourth-order valence-electron chi connectivity index (χ4n) is 2.95. The summed E-state index contributed by atoms with van der Waals surface area (Å²) in [6.45, 7) is 4.81. The molecule has 8 heteroatoms. The summed E-state index contributed by atoms with van der Waals surface area (Å²) in [4.78, 5) is 26.1. The predicted octanol–water partition coefficient (Wildman–Crippen LogP) is 1.71. The van der Waals surface area contributed by atoms with Crippen molar-refractivity contribution in [2.75, 3.05) is 20.6 Å². The standard InChI is InChI=1S/C20H27FN4O3/c1-13(2)17(11-24(3)4)25-16(12-26)9-18(27)19(23-25)20(28)22-10-14-5-7-15(21)8-6-14/h5-9,12-13,16-17,27H,10-11H2,1-4H3,(H,22,28). The van der Waals surface area contributed by atoms with E-state index >= 15 is 0 Å². The number of carbonyl (C=O) groups excluding carboxylic acids is 2. The van der Waals surface area contributed by atoms with Gasteiger partial charge in [-0.3, -0.25) is 9.80 Å². The van der Waals surface area contributed by atoms with Gasteiger partial charge in [-0.1, -0.05) is 26.0 Å². The molecule has 1 amide bonds. The van der Waals surface area contributed by atoms with Crippen molar-refractivity contribution in [3.63, 3.8) is 0 Å². The number of hydrogen-bond acceptors (Lipinski definition) is 6. The number of likely N-dealkylation sites (N-methyl/N-ethyl adjacent to an activating group) is 1. The summed E-state index contributed by atoms with van der Waals surface area (Å²) in [5.41, 5.74) is 0.564. The molecule has 0 aliphatic carbocycles. The fraction of sp³-hybridized carbons (Fsp3) is 0.450. The number of aliphatic hydroxyl groups is 1. The Kier molecular flexibility index (Phi) is 7.28. The number of halogens is 1. The minimum absolute atomic E-state index is 0.130. The van der Waals surface area contributed by atoms with E-state index in [-0.39, 0.29) is 35.8 Å². The number of aldehydes is 1. The number of benzene rings is 1. The van der Waals surface area contributed by atoms with Gasteiger partial charge >= 0.3 is 0 Å². The molecule has 2 rings (SSSR count). The van der Waals surface area contributed by atoms with Crippen LogP contribution in [0.15, 0.2) is 41.2 Å². The van der Waals surface area contributed by atoms with Crippen LogP contribution in [0.1, 0.15) is 19.4 Å². The van der Waals surface area contributed by atoms with E-state index in [1.807, 2.05) is 32.8 Å². The van der Waals surface area contributed by atoms with Crippen molar-refractivity contribution >= 4 is 17.9 Å². The Morgan fingerprint density at radius 2 is 2.00 bits per heavy atom. The van der Waals surface area contributed by atoms with Gasteiger partial charge in [-0.2, -0.15) is 5.10 Å². The third-order valence-electron chi connectivity index (χ3n) is 4.47. The van der Waals surface area contributed by atoms with Crippen LogP contribution in [-0.2, 0) is 16.1 Å². The van der Waals surface area contributed by atoms with Gasteiger partial charge in [0.15, 0.2) is 5.71 Å². The zero-order valence-electron chi connectivity index (χ0n) is 16.6. The molecular formula is C20H27FN4O3. The van der Waals surface area contributed by atoms with Crippen LogP contribution in [-0.4, -0.2) is 65.6 Å². The van der Waals surface area contributed by atoms with Gasteiger partial charge in [0, 0.05) is 13.1 Å². The first-order valence-electron chi connectivity index (χ1n) is 9.13. The van der Waals surface area contributed by atoms with Gasteiger partial charge in [-0.15, -0.1) is 0 Å². The molecule has 28 heavy (non-hydrogen) atoms. The summed E-state index contributed by atoms with van der Waals surface area (Å²) in [5.74, 6) is -1.11. The second-order valence-corrected chi connectivity index (χ2v) is 7.39. The third kappa shape index (κ3) is 5.39. The topological polar surface area (TPSA) is 85.2 Å². The van der Waals surface area contributed by atoms with Gasteiger partial charge < -0.3 is 20.1 Å². The Balaban J connectivity index is 2.21. The van der Waals surface area contributed by atoms with Gasteiger partial charge in [0.1, 0.15) is 23.9 Å². The molecule has 0 radical (unpaired) electrons. The molecule has 0 aromatic heterocycles. The number of hydrogen-bond donors (Lipinski definition) is 2. The highest BCUT2D eigenvalue weighted by molar-refractivity contribution is 6.44. The smallest absolute Gasteiger partial charge is 0.275 e. The Bertz CT molecular complexity index is 759. The zero-order chi connectivity index (χ0) is 20.8. The number of hydrazone groups is 1. The molecular weight excluding hydrogens is 363 g/mol. The number of rotatable bonds is 8. The first-order chi connectivity index (χ1) is 13.2. The molecule has 0 spiro atoms. The molecule has 0 bridgehead atoms. The lowest BCUT2D eigenvalue weighted by molar-refractivity contribution is -0.116. The molecule has 1 aromatic rings. The summed E-state index contributed by atoms with van der Waals surface area (Å²) < 4.78 is 13.0. The molecule has 0 fully saturated rings. The second-order valence-electron chi connectivity index (χ2n) is 7.39. The second kappa shape index (κ2) is 9.45. The van der Waals surface area contributed by atoms with Crippen molar-refractivity contribution in [1.82, 2.24) is 15.2 Å². The van der Waals surface area contributed by atoms with Crippen LogP contribution in [0.25, 0.3) is 0 Å². The maximum Gasteiger partial charge on any atom is 0.275 e. The summed E-state index contributed by atoms with van der Waals surface area (Å²) in [6.07, 6.45) is 2.02. The fourth-order valence-corrected chi connectivity index (χ4v) is 2.95. The summed E-state index contributed by atoms with van der Waals surface area (Å²) in [6, 6.07) is 4.86. The summed E-state index contributed by atoms with van der Waals surface area (Å²) in [5, 5.41) is 18.8. The molecule has 1 aliphatic heterocycles. The highest BCUT2D eigenvalue weighted by atomic mass is 19.1. The van der Waals surface area contributed by atoms with Gasteiger partial charge in [-0.05, 0) is 43.8 Å². The molecule has 0 saturated carbocycles. The highest BCUT2D eigenvalue weighted by Gasteiger charge is 2.33. The van der Waals surface area contributed by atoms with Crippen LogP contribution in [0.2, 0.25) is 0 Å². The lowest BCUT2D eigenvalue weighted by atomic mass is 10.0. The number of carbonyl (C=O) groups is 2. The van der Waals surface area contributed by atoms with Gasteiger partial charge in [0.2, 0.25) is 0 Å². The highest BCUT2D eigenvalue weighted by Crippen LogP contribution is 2.21.